The maximum atomic E-state index is 5.33. The van der Waals surface area contributed by atoms with Crippen LogP contribution in [0.15, 0.2) is 41.3 Å². The van der Waals surface area contributed by atoms with Gasteiger partial charge in [0.1, 0.15) is 17.2 Å². The summed E-state index contributed by atoms with van der Waals surface area (Å²) in [4.78, 5) is 14.8. The van der Waals surface area contributed by atoms with Crippen LogP contribution in [0.4, 0.5) is 11.5 Å². The second kappa shape index (κ2) is 5.26. The minimum Gasteiger partial charge on any atom is -0.443 e. The third-order valence-electron chi connectivity index (χ3n) is 3.07. The highest BCUT2D eigenvalue weighted by Gasteiger charge is 2.09. The van der Waals surface area contributed by atoms with Crippen molar-refractivity contribution in [3.8, 4) is 0 Å². The van der Waals surface area contributed by atoms with E-state index in [2.05, 4.69) is 20.3 Å². The number of aromatic nitrogens is 3. The number of benzene rings is 1. The topological polar surface area (TPSA) is 67.1 Å². The third kappa shape index (κ3) is 2.33. The van der Waals surface area contributed by atoms with Crippen LogP contribution in [0, 0.1) is 0 Å². The summed E-state index contributed by atoms with van der Waals surface area (Å²) in [6.07, 6.45) is 3.21. The summed E-state index contributed by atoms with van der Waals surface area (Å²) < 4.78 is 5.33. The molecule has 102 valence electrons. The minimum absolute atomic E-state index is 0.642. The van der Waals surface area contributed by atoms with Crippen LogP contribution in [0.3, 0.4) is 0 Å². The molecule has 3 rings (SSSR count). The van der Waals surface area contributed by atoms with Gasteiger partial charge in [-0.3, -0.25) is 0 Å². The summed E-state index contributed by atoms with van der Waals surface area (Å²) in [5.74, 6) is 1.60. The Labute approximate surface area is 116 Å². The first-order valence-electron chi connectivity index (χ1n) is 6.31. The highest BCUT2D eigenvalue weighted by Crippen LogP contribution is 2.25. The van der Waals surface area contributed by atoms with Crippen LogP contribution in [-0.2, 0) is 6.54 Å². The Morgan fingerprint density at radius 1 is 1.25 bits per heavy atom. The van der Waals surface area contributed by atoms with Crippen molar-refractivity contribution in [2.24, 2.45) is 0 Å². The summed E-state index contributed by atoms with van der Waals surface area (Å²) >= 11 is 0. The fraction of sp³-hybridized carbons (Fsp3) is 0.214. The van der Waals surface area contributed by atoms with Gasteiger partial charge in [-0.15, -0.1) is 0 Å². The van der Waals surface area contributed by atoms with Crippen LogP contribution >= 0.6 is 0 Å². The quantitative estimate of drug-likeness (QED) is 0.782. The molecule has 6 nitrogen and oxygen atoms in total. The zero-order chi connectivity index (χ0) is 13.9. The van der Waals surface area contributed by atoms with Crippen LogP contribution in [0.1, 0.15) is 5.82 Å². The molecule has 0 aliphatic heterocycles. The molecular formula is C14H15N5O. The van der Waals surface area contributed by atoms with Gasteiger partial charge in [0.25, 0.3) is 0 Å². The number of oxazole rings is 1. The molecule has 0 fully saturated rings. The first-order valence-corrected chi connectivity index (χ1v) is 6.31. The van der Waals surface area contributed by atoms with Crippen molar-refractivity contribution in [1.29, 1.82) is 0 Å². The number of nitrogens with one attached hydrogen (secondary N) is 1. The predicted molar refractivity (Wildman–Crippen MR) is 76.9 cm³/mol. The first kappa shape index (κ1) is 12.6. The van der Waals surface area contributed by atoms with Crippen molar-refractivity contribution in [3.05, 3.63) is 42.7 Å². The summed E-state index contributed by atoms with van der Waals surface area (Å²) in [5, 5.41) is 3.04. The van der Waals surface area contributed by atoms with E-state index in [4.69, 9.17) is 4.42 Å². The Morgan fingerprint density at radius 3 is 3.00 bits per heavy atom. The monoisotopic (exact) mass is 269 g/mol. The molecule has 2 aromatic heterocycles. The fourth-order valence-corrected chi connectivity index (χ4v) is 2.00. The zero-order valence-corrected chi connectivity index (χ0v) is 11.4. The maximum absolute atomic E-state index is 5.33. The SMILES string of the molecule is CNCc1nccc(N(C)c2ccc3ncoc3c2)n1. The molecule has 6 heteroatoms. The van der Waals surface area contributed by atoms with Crippen molar-refractivity contribution < 1.29 is 4.42 Å². The Balaban J connectivity index is 1.94. The Morgan fingerprint density at radius 2 is 2.15 bits per heavy atom. The molecule has 0 saturated carbocycles. The van der Waals surface area contributed by atoms with Gasteiger partial charge in [0.2, 0.25) is 0 Å². The number of anilines is 2. The molecule has 0 radical (unpaired) electrons. The van der Waals surface area contributed by atoms with Gasteiger partial charge < -0.3 is 14.6 Å². The number of hydrogen-bond donors (Lipinski definition) is 1. The van der Waals surface area contributed by atoms with Crippen LogP contribution in [0.25, 0.3) is 11.1 Å². The van der Waals surface area contributed by atoms with Crippen molar-refractivity contribution in [1.82, 2.24) is 20.3 Å². The second-order valence-corrected chi connectivity index (χ2v) is 4.42. The van der Waals surface area contributed by atoms with Gasteiger partial charge in [0, 0.05) is 25.0 Å². The van der Waals surface area contributed by atoms with Crippen LogP contribution in [0.5, 0.6) is 0 Å². The van der Waals surface area contributed by atoms with E-state index in [1.807, 2.05) is 43.3 Å². The van der Waals surface area contributed by atoms with E-state index < -0.39 is 0 Å². The normalized spacial score (nSPS) is 10.9. The lowest BCUT2D eigenvalue weighted by Gasteiger charge is -2.18. The van der Waals surface area contributed by atoms with Crippen molar-refractivity contribution in [2.45, 2.75) is 6.54 Å². The molecule has 1 aromatic carbocycles. The van der Waals surface area contributed by atoms with Gasteiger partial charge in [0.05, 0.1) is 6.54 Å². The average molecular weight is 269 g/mol. The lowest BCUT2D eigenvalue weighted by molar-refractivity contribution is 0.602. The summed E-state index contributed by atoms with van der Waals surface area (Å²) in [6, 6.07) is 7.75. The smallest absolute Gasteiger partial charge is 0.181 e. The highest BCUT2D eigenvalue weighted by atomic mass is 16.3. The van der Waals surface area contributed by atoms with Crippen molar-refractivity contribution in [2.75, 3.05) is 19.0 Å². The Hall–Kier alpha value is -2.47. The molecule has 1 N–H and O–H groups in total. The summed E-state index contributed by atoms with van der Waals surface area (Å²) in [7, 11) is 3.83. The summed E-state index contributed by atoms with van der Waals surface area (Å²) in [5.41, 5.74) is 2.60. The van der Waals surface area contributed by atoms with Crippen LogP contribution in [-0.4, -0.2) is 29.0 Å². The first-order chi connectivity index (χ1) is 9.78. The molecule has 20 heavy (non-hydrogen) atoms. The van der Waals surface area contributed by atoms with Crippen LogP contribution in [0.2, 0.25) is 0 Å². The molecule has 0 unspecified atom stereocenters. The lowest BCUT2D eigenvalue weighted by Crippen LogP contribution is -2.15. The molecule has 0 amide bonds. The van der Waals surface area contributed by atoms with E-state index in [1.165, 1.54) is 6.39 Å². The lowest BCUT2D eigenvalue weighted by atomic mass is 10.2. The maximum Gasteiger partial charge on any atom is 0.181 e. The van der Waals surface area contributed by atoms with E-state index in [0.717, 1.165) is 28.4 Å². The summed E-state index contributed by atoms with van der Waals surface area (Å²) in [6.45, 7) is 0.642. The van der Waals surface area contributed by atoms with Gasteiger partial charge in [-0.1, -0.05) is 0 Å². The van der Waals surface area contributed by atoms with E-state index in [0.29, 0.717) is 6.54 Å². The highest BCUT2D eigenvalue weighted by molar-refractivity contribution is 5.78. The zero-order valence-electron chi connectivity index (χ0n) is 11.4. The van der Waals surface area contributed by atoms with Gasteiger partial charge >= 0.3 is 0 Å². The Kier molecular flexibility index (Phi) is 3.30. The third-order valence-corrected chi connectivity index (χ3v) is 3.07. The fourth-order valence-electron chi connectivity index (χ4n) is 2.00. The van der Waals surface area contributed by atoms with E-state index in [-0.39, 0.29) is 0 Å². The molecule has 0 aliphatic rings. The molecule has 0 bridgehead atoms. The molecule has 0 atom stereocenters. The van der Waals surface area contributed by atoms with Gasteiger partial charge in [-0.2, -0.15) is 0 Å². The molecule has 0 spiro atoms. The number of rotatable bonds is 4. The number of nitrogens with zero attached hydrogens (tertiary/aromatic N) is 4. The van der Waals surface area contributed by atoms with Gasteiger partial charge in [-0.05, 0) is 25.2 Å². The molecular weight excluding hydrogens is 254 g/mol. The van der Waals surface area contributed by atoms with Crippen LogP contribution < -0.4 is 10.2 Å². The standard InChI is InChI=1S/C14H15N5O/c1-15-8-13-16-6-5-14(18-13)19(2)10-3-4-11-12(7-10)20-9-17-11/h3-7,9,15H,8H2,1-2H3. The van der Waals surface area contributed by atoms with Crippen molar-refractivity contribution in [3.63, 3.8) is 0 Å². The number of fused-ring (bicyclic) bond motifs is 1. The van der Waals surface area contributed by atoms with E-state index >= 15 is 0 Å². The molecule has 0 aliphatic carbocycles. The van der Waals surface area contributed by atoms with E-state index in [1.54, 1.807) is 6.20 Å². The van der Waals surface area contributed by atoms with E-state index in [9.17, 15) is 0 Å². The number of hydrogen-bond acceptors (Lipinski definition) is 6. The molecule has 2 heterocycles. The average Bonchev–Trinajstić information content (AvgIpc) is 2.94. The van der Waals surface area contributed by atoms with Crippen molar-refractivity contribution >= 4 is 22.6 Å². The minimum atomic E-state index is 0.642. The van der Waals surface area contributed by atoms with Gasteiger partial charge in [-0.25, -0.2) is 15.0 Å². The second-order valence-electron chi connectivity index (χ2n) is 4.42. The molecule has 3 aromatic rings. The predicted octanol–water partition coefficient (Wildman–Crippen LogP) is 2.11. The van der Waals surface area contributed by atoms with Gasteiger partial charge in [0.15, 0.2) is 12.0 Å². The Bertz CT molecular complexity index is 724. The molecule has 0 saturated heterocycles. The largest absolute Gasteiger partial charge is 0.443 e.